The Bertz CT molecular complexity index is 1290. The van der Waals surface area contributed by atoms with Crippen molar-refractivity contribution in [3.8, 4) is 11.5 Å². The van der Waals surface area contributed by atoms with E-state index in [9.17, 15) is 9.59 Å². The predicted octanol–water partition coefficient (Wildman–Crippen LogP) is 5.74. The van der Waals surface area contributed by atoms with Gasteiger partial charge in [-0.15, -0.1) is 0 Å². The molecule has 1 N–H and O–H groups in total. The van der Waals surface area contributed by atoms with Gasteiger partial charge in [-0.2, -0.15) is 0 Å². The lowest BCUT2D eigenvalue weighted by Crippen LogP contribution is -2.20. The maximum Gasteiger partial charge on any atom is 0.244 e. The lowest BCUT2D eigenvalue weighted by atomic mass is 10.2. The molecule has 0 fully saturated rings. The molecule has 1 aromatic heterocycles. The SMILES string of the molecule is O=C(Cn1ccc(=O)c2ccc(Cl)cc21)Nc1cc(Cl)ccc1Oc1ccccc1. The maximum atomic E-state index is 12.8. The zero-order valence-electron chi connectivity index (χ0n) is 15.6. The third-order valence-corrected chi connectivity index (χ3v) is 4.91. The number of ether oxygens (including phenoxy) is 1. The molecule has 1 amide bonds. The van der Waals surface area contributed by atoms with E-state index in [1.807, 2.05) is 30.3 Å². The van der Waals surface area contributed by atoms with Crippen LogP contribution in [0.4, 0.5) is 5.69 Å². The van der Waals surface area contributed by atoms with Crippen molar-refractivity contribution in [2.75, 3.05) is 5.32 Å². The summed E-state index contributed by atoms with van der Waals surface area (Å²) in [7, 11) is 0. The van der Waals surface area contributed by atoms with Crippen molar-refractivity contribution in [2.24, 2.45) is 0 Å². The van der Waals surface area contributed by atoms with E-state index >= 15 is 0 Å². The van der Waals surface area contributed by atoms with E-state index in [1.54, 1.807) is 47.2 Å². The Morgan fingerprint density at radius 2 is 1.67 bits per heavy atom. The average molecular weight is 439 g/mol. The smallest absolute Gasteiger partial charge is 0.244 e. The molecule has 0 aliphatic heterocycles. The van der Waals surface area contributed by atoms with Crippen LogP contribution in [0.5, 0.6) is 11.5 Å². The van der Waals surface area contributed by atoms with Crippen molar-refractivity contribution in [2.45, 2.75) is 6.54 Å². The van der Waals surface area contributed by atoms with Crippen molar-refractivity contribution >= 4 is 45.7 Å². The molecule has 0 saturated carbocycles. The highest BCUT2D eigenvalue weighted by atomic mass is 35.5. The van der Waals surface area contributed by atoms with Gasteiger partial charge in [-0.3, -0.25) is 9.59 Å². The van der Waals surface area contributed by atoms with Gasteiger partial charge in [0.2, 0.25) is 5.91 Å². The number of aromatic nitrogens is 1. The molecule has 0 radical (unpaired) electrons. The second-order valence-electron chi connectivity index (χ2n) is 6.57. The summed E-state index contributed by atoms with van der Waals surface area (Å²) < 4.78 is 7.55. The van der Waals surface area contributed by atoms with Gasteiger partial charge in [0.15, 0.2) is 11.2 Å². The maximum absolute atomic E-state index is 12.8. The van der Waals surface area contributed by atoms with Crippen molar-refractivity contribution in [1.82, 2.24) is 4.57 Å². The highest BCUT2D eigenvalue weighted by Crippen LogP contribution is 2.32. The molecule has 30 heavy (non-hydrogen) atoms. The Kier molecular flexibility index (Phi) is 5.74. The number of hydrogen-bond acceptors (Lipinski definition) is 3. The second kappa shape index (κ2) is 8.61. The summed E-state index contributed by atoms with van der Waals surface area (Å²) in [5, 5.41) is 4.27. The van der Waals surface area contributed by atoms with Crippen LogP contribution in [-0.2, 0) is 11.3 Å². The molecule has 1 heterocycles. The summed E-state index contributed by atoms with van der Waals surface area (Å²) in [5.41, 5.74) is 0.892. The Morgan fingerprint density at radius 3 is 2.47 bits per heavy atom. The summed E-state index contributed by atoms with van der Waals surface area (Å²) >= 11 is 12.2. The van der Waals surface area contributed by atoms with Gasteiger partial charge in [0.1, 0.15) is 12.3 Å². The third kappa shape index (κ3) is 4.48. The number of benzene rings is 3. The van der Waals surface area contributed by atoms with Gasteiger partial charge in [0.05, 0.1) is 11.2 Å². The lowest BCUT2D eigenvalue weighted by Gasteiger charge is -2.14. The van der Waals surface area contributed by atoms with E-state index in [0.29, 0.717) is 38.1 Å². The number of halogens is 2. The van der Waals surface area contributed by atoms with Crippen molar-refractivity contribution in [3.05, 3.63) is 99.3 Å². The first kappa shape index (κ1) is 20.0. The van der Waals surface area contributed by atoms with Crippen molar-refractivity contribution < 1.29 is 9.53 Å². The van der Waals surface area contributed by atoms with Crippen molar-refractivity contribution in [1.29, 1.82) is 0 Å². The minimum Gasteiger partial charge on any atom is -0.455 e. The molecule has 0 aliphatic carbocycles. The summed E-state index contributed by atoms with van der Waals surface area (Å²) in [6.07, 6.45) is 1.57. The number of carbonyl (C=O) groups is 1. The number of nitrogens with one attached hydrogen (secondary N) is 1. The summed E-state index contributed by atoms with van der Waals surface area (Å²) in [5.74, 6) is 0.795. The first-order valence-corrected chi connectivity index (χ1v) is 9.86. The van der Waals surface area contributed by atoms with Gasteiger partial charge < -0.3 is 14.6 Å². The average Bonchev–Trinajstić information content (AvgIpc) is 2.73. The van der Waals surface area contributed by atoms with E-state index in [1.165, 1.54) is 6.07 Å². The number of fused-ring (bicyclic) bond motifs is 1. The Hall–Kier alpha value is -3.28. The number of para-hydroxylation sites is 1. The van der Waals surface area contributed by atoms with Gasteiger partial charge in [0, 0.05) is 27.7 Å². The first-order valence-electron chi connectivity index (χ1n) is 9.10. The molecule has 150 valence electrons. The molecular formula is C23H16Cl2N2O3. The number of amides is 1. The monoisotopic (exact) mass is 438 g/mol. The van der Waals surface area contributed by atoms with Gasteiger partial charge in [-0.25, -0.2) is 0 Å². The molecule has 7 heteroatoms. The molecule has 0 saturated heterocycles. The van der Waals surface area contributed by atoms with Gasteiger partial charge in [-0.05, 0) is 48.5 Å². The largest absolute Gasteiger partial charge is 0.455 e. The van der Waals surface area contributed by atoms with Gasteiger partial charge >= 0.3 is 0 Å². The fourth-order valence-electron chi connectivity index (χ4n) is 3.07. The lowest BCUT2D eigenvalue weighted by molar-refractivity contribution is -0.116. The summed E-state index contributed by atoms with van der Waals surface area (Å²) in [6.45, 7) is -0.0194. The standard InChI is InChI=1S/C23H16Cl2N2O3/c24-15-7-9-22(30-17-4-2-1-3-5-17)19(12-15)26-23(29)14-27-11-10-21(28)18-8-6-16(25)13-20(18)27/h1-13H,14H2,(H,26,29). The van der Waals surface area contributed by atoms with Crippen molar-refractivity contribution in [3.63, 3.8) is 0 Å². The topological polar surface area (TPSA) is 60.3 Å². The van der Waals surface area contributed by atoms with Crippen LogP contribution in [0, 0.1) is 0 Å². The van der Waals surface area contributed by atoms with Crippen LogP contribution in [0.2, 0.25) is 10.0 Å². The fraction of sp³-hybridized carbons (Fsp3) is 0.0435. The molecule has 0 aliphatic rings. The minimum atomic E-state index is -0.305. The van der Waals surface area contributed by atoms with Crippen LogP contribution in [0.15, 0.2) is 83.8 Å². The molecule has 0 unspecified atom stereocenters. The fourth-order valence-corrected chi connectivity index (χ4v) is 3.40. The Labute approximate surface area is 182 Å². The predicted molar refractivity (Wildman–Crippen MR) is 120 cm³/mol. The van der Waals surface area contributed by atoms with Crippen LogP contribution < -0.4 is 15.5 Å². The number of nitrogens with zero attached hydrogens (tertiary/aromatic N) is 1. The van der Waals surface area contributed by atoms with Crippen LogP contribution in [0.25, 0.3) is 10.9 Å². The van der Waals surface area contributed by atoms with E-state index in [4.69, 9.17) is 27.9 Å². The first-order chi connectivity index (χ1) is 14.5. The molecular weight excluding hydrogens is 423 g/mol. The van der Waals surface area contributed by atoms with Gasteiger partial charge in [0.25, 0.3) is 0 Å². The second-order valence-corrected chi connectivity index (χ2v) is 7.45. The molecule has 0 bridgehead atoms. The highest BCUT2D eigenvalue weighted by molar-refractivity contribution is 6.31. The number of rotatable bonds is 5. The van der Waals surface area contributed by atoms with Crippen LogP contribution >= 0.6 is 23.2 Å². The molecule has 3 aromatic carbocycles. The van der Waals surface area contributed by atoms with E-state index in [0.717, 1.165) is 0 Å². The van der Waals surface area contributed by atoms with E-state index in [-0.39, 0.29) is 17.9 Å². The summed E-state index contributed by atoms with van der Waals surface area (Å²) in [4.78, 5) is 24.9. The molecule has 4 rings (SSSR count). The number of hydrogen-bond donors (Lipinski definition) is 1. The van der Waals surface area contributed by atoms with Crippen LogP contribution in [-0.4, -0.2) is 10.5 Å². The molecule has 5 nitrogen and oxygen atoms in total. The zero-order valence-corrected chi connectivity index (χ0v) is 17.2. The normalized spacial score (nSPS) is 10.7. The van der Waals surface area contributed by atoms with Crippen LogP contribution in [0.3, 0.4) is 0 Å². The zero-order chi connectivity index (χ0) is 21.1. The number of carbonyl (C=O) groups excluding carboxylic acids is 1. The van der Waals surface area contributed by atoms with Crippen LogP contribution in [0.1, 0.15) is 0 Å². The van der Waals surface area contributed by atoms with E-state index < -0.39 is 0 Å². The molecule has 4 aromatic rings. The van der Waals surface area contributed by atoms with E-state index in [2.05, 4.69) is 5.32 Å². The molecule has 0 spiro atoms. The third-order valence-electron chi connectivity index (χ3n) is 4.44. The quantitative estimate of drug-likeness (QED) is 0.432. The Morgan fingerprint density at radius 1 is 0.933 bits per heavy atom. The number of anilines is 1. The number of pyridine rings is 1. The molecule has 0 atom stereocenters. The minimum absolute atomic E-state index is 0.0194. The van der Waals surface area contributed by atoms with Gasteiger partial charge in [-0.1, -0.05) is 41.4 Å². The highest BCUT2D eigenvalue weighted by Gasteiger charge is 2.12. The Balaban J connectivity index is 1.60. The summed E-state index contributed by atoms with van der Waals surface area (Å²) in [6, 6.07) is 20.6.